The predicted octanol–water partition coefficient (Wildman–Crippen LogP) is 0.0978. The van der Waals surface area contributed by atoms with Gasteiger partial charge in [-0.2, -0.15) is 5.10 Å². The van der Waals surface area contributed by atoms with Crippen molar-refractivity contribution in [1.82, 2.24) is 20.1 Å². The number of hydrogen-bond donors (Lipinski definition) is 2. The maximum atomic E-state index is 12.0. The molecule has 0 aromatic carbocycles. The van der Waals surface area contributed by atoms with Crippen LogP contribution in [0, 0.1) is 11.8 Å². The molecule has 0 aliphatic carbocycles. The number of amides is 1. The van der Waals surface area contributed by atoms with Crippen LogP contribution in [-0.4, -0.2) is 33.8 Å². The highest BCUT2D eigenvalue weighted by molar-refractivity contribution is 5.94. The number of nitrogens with zero attached hydrogens (tertiary/aromatic N) is 3. The van der Waals surface area contributed by atoms with E-state index in [2.05, 4.69) is 27.2 Å². The van der Waals surface area contributed by atoms with Gasteiger partial charge in [-0.15, -0.1) is 0 Å². The van der Waals surface area contributed by atoms with Crippen molar-refractivity contribution in [1.29, 1.82) is 0 Å². The Kier molecular flexibility index (Phi) is 5.07. The van der Waals surface area contributed by atoms with Crippen LogP contribution in [0.1, 0.15) is 21.6 Å². The highest BCUT2D eigenvalue weighted by Gasteiger charge is 2.06. The minimum atomic E-state index is -0.166. The molecular weight excluding hydrogens is 266 g/mol. The number of nitrogens with two attached hydrogens (primary N) is 1. The summed E-state index contributed by atoms with van der Waals surface area (Å²) in [6.07, 6.45) is 5.59. The summed E-state index contributed by atoms with van der Waals surface area (Å²) < 4.78 is 1.79. The molecule has 0 saturated carbocycles. The van der Waals surface area contributed by atoms with Gasteiger partial charge in [0.05, 0.1) is 12.1 Å². The summed E-state index contributed by atoms with van der Waals surface area (Å²) in [6.45, 7) is 0.818. The molecule has 0 saturated heterocycles. The predicted molar refractivity (Wildman–Crippen MR) is 79.4 cm³/mol. The van der Waals surface area contributed by atoms with Crippen molar-refractivity contribution in [3.8, 4) is 11.8 Å². The van der Waals surface area contributed by atoms with Gasteiger partial charge in [0.25, 0.3) is 5.91 Å². The molecule has 0 atom stereocenters. The van der Waals surface area contributed by atoms with Gasteiger partial charge in [-0.1, -0.05) is 11.8 Å². The van der Waals surface area contributed by atoms with Crippen LogP contribution in [0.4, 0.5) is 0 Å². The molecule has 108 valence electrons. The zero-order valence-corrected chi connectivity index (χ0v) is 11.8. The zero-order chi connectivity index (χ0) is 15.1. The van der Waals surface area contributed by atoms with E-state index in [9.17, 15) is 4.79 Å². The van der Waals surface area contributed by atoms with Crippen LogP contribution in [0.5, 0.6) is 0 Å². The highest BCUT2D eigenvalue weighted by atomic mass is 16.1. The van der Waals surface area contributed by atoms with Crippen molar-refractivity contribution in [3.05, 3.63) is 47.5 Å². The lowest BCUT2D eigenvalue weighted by atomic mass is 10.2. The number of aromatic nitrogens is 3. The number of aryl methyl sites for hydroxylation is 1. The first-order chi connectivity index (χ1) is 10.2. The fourth-order valence-corrected chi connectivity index (χ4v) is 1.84. The van der Waals surface area contributed by atoms with Crippen LogP contribution in [-0.2, 0) is 13.5 Å². The maximum absolute atomic E-state index is 12.0. The van der Waals surface area contributed by atoms with E-state index in [1.165, 1.54) is 6.20 Å². The summed E-state index contributed by atoms with van der Waals surface area (Å²) in [5, 5.41) is 6.94. The minimum Gasteiger partial charge on any atom is -0.352 e. The van der Waals surface area contributed by atoms with Crippen LogP contribution in [0.15, 0.2) is 30.7 Å². The van der Waals surface area contributed by atoms with Gasteiger partial charge in [0, 0.05) is 49.9 Å². The second kappa shape index (κ2) is 7.22. The van der Waals surface area contributed by atoms with E-state index in [1.54, 1.807) is 23.1 Å². The highest BCUT2D eigenvalue weighted by Crippen LogP contribution is 2.02. The monoisotopic (exact) mass is 283 g/mol. The number of hydrogen-bond acceptors (Lipinski definition) is 4. The third-order valence-corrected chi connectivity index (χ3v) is 2.92. The molecule has 21 heavy (non-hydrogen) atoms. The molecule has 2 rings (SSSR count). The van der Waals surface area contributed by atoms with Gasteiger partial charge in [0.15, 0.2) is 0 Å². The first-order valence-corrected chi connectivity index (χ1v) is 6.60. The number of rotatable bonds is 4. The quantitative estimate of drug-likeness (QED) is 0.779. The normalized spacial score (nSPS) is 9.81. The van der Waals surface area contributed by atoms with Gasteiger partial charge in [-0.25, -0.2) is 0 Å². The molecule has 2 aromatic heterocycles. The zero-order valence-electron chi connectivity index (χ0n) is 11.8. The summed E-state index contributed by atoms with van der Waals surface area (Å²) in [5.41, 5.74) is 7.55. The molecule has 0 bridgehead atoms. The van der Waals surface area contributed by atoms with Crippen molar-refractivity contribution in [2.45, 2.75) is 6.42 Å². The minimum absolute atomic E-state index is 0.166. The van der Waals surface area contributed by atoms with Crippen LogP contribution < -0.4 is 11.1 Å². The third kappa shape index (κ3) is 4.16. The van der Waals surface area contributed by atoms with Crippen molar-refractivity contribution in [3.63, 3.8) is 0 Å². The Labute approximate surface area is 123 Å². The molecule has 6 nitrogen and oxygen atoms in total. The second-order valence-electron chi connectivity index (χ2n) is 4.42. The molecule has 0 spiro atoms. The fraction of sp³-hybridized carbons (Fsp3) is 0.267. The average molecular weight is 283 g/mol. The van der Waals surface area contributed by atoms with Crippen molar-refractivity contribution in [2.24, 2.45) is 12.8 Å². The van der Waals surface area contributed by atoms with Crippen LogP contribution >= 0.6 is 0 Å². The number of carbonyl (C=O) groups is 1. The van der Waals surface area contributed by atoms with Crippen LogP contribution in [0.25, 0.3) is 0 Å². The van der Waals surface area contributed by atoms with E-state index in [-0.39, 0.29) is 12.5 Å². The van der Waals surface area contributed by atoms with E-state index in [0.717, 1.165) is 12.1 Å². The summed E-state index contributed by atoms with van der Waals surface area (Å²) >= 11 is 0. The molecule has 0 aliphatic rings. The molecule has 1 amide bonds. The molecule has 2 heterocycles. The van der Waals surface area contributed by atoms with E-state index < -0.39 is 0 Å². The smallest absolute Gasteiger partial charge is 0.252 e. The molecule has 6 heteroatoms. The molecule has 3 N–H and O–H groups in total. The van der Waals surface area contributed by atoms with Gasteiger partial charge in [-0.3, -0.25) is 14.5 Å². The van der Waals surface area contributed by atoms with E-state index >= 15 is 0 Å². The summed E-state index contributed by atoms with van der Waals surface area (Å²) in [4.78, 5) is 16.1. The number of carbonyl (C=O) groups excluding carboxylic acids is 1. The van der Waals surface area contributed by atoms with Crippen molar-refractivity contribution in [2.75, 3.05) is 13.1 Å². The molecule has 0 aliphatic heterocycles. The Balaban J connectivity index is 1.92. The average Bonchev–Trinajstić information content (AvgIpc) is 2.91. The van der Waals surface area contributed by atoms with E-state index in [4.69, 9.17) is 5.73 Å². The van der Waals surface area contributed by atoms with Crippen LogP contribution in [0.2, 0.25) is 0 Å². The Morgan fingerprint density at radius 2 is 2.33 bits per heavy atom. The Morgan fingerprint density at radius 1 is 1.48 bits per heavy atom. The number of nitrogens with one attached hydrogen (secondary N) is 1. The fourth-order valence-electron chi connectivity index (χ4n) is 1.84. The summed E-state index contributed by atoms with van der Waals surface area (Å²) in [5.74, 6) is 5.43. The van der Waals surface area contributed by atoms with Crippen LogP contribution in [0.3, 0.4) is 0 Å². The molecule has 0 fully saturated rings. The maximum Gasteiger partial charge on any atom is 0.252 e. The standard InChI is InChI=1S/C15H17N5O/c1-20-14(5-8-19-20)4-7-18-15(21)13-9-12(3-2-6-16)10-17-11-13/h5,8-11H,4,6-7,16H2,1H3,(H,18,21). The van der Waals surface area contributed by atoms with Crippen molar-refractivity contribution >= 4 is 5.91 Å². The lowest BCUT2D eigenvalue weighted by Crippen LogP contribution is -2.26. The van der Waals surface area contributed by atoms with Gasteiger partial charge in [0.2, 0.25) is 0 Å². The first kappa shape index (κ1) is 14.8. The Bertz CT molecular complexity index is 681. The van der Waals surface area contributed by atoms with Gasteiger partial charge < -0.3 is 11.1 Å². The lowest BCUT2D eigenvalue weighted by Gasteiger charge is -2.05. The molecular formula is C15H17N5O. The summed E-state index contributed by atoms with van der Waals surface area (Å²) in [7, 11) is 1.88. The SMILES string of the molecule is Cn1nccc1CCNC(=O)c1cncc(C#CCN)c1. The van der Waals surface area contributed by atoms with Gasteiger partial charge in [0.1, 0.15) is 0 Å². The van der Waals surface area contributed by atoms with E-state index in [1.807, 2.05) is 13.1 Å². The topological polar surface area (TPSA) is 85.8 Å². The largest absolute Gasteiger partial charge is 0.352 e. The third-order valence-electron chi connectivity index (χ3n) is 2.92. The number of pyridine rings is 1. The molecule has 2 aromatic rings. The second-order valence-corrected chi connectivity index (χ2v) is 4.42. The Hall–Kier alpha value is -2.65. The van der Waals surface area contributed by atoms with Gasteiger partial charge in [-0.05, 0) is 12.1 Å². The Morgan fingerprint density at radius 3 is 3.05 bits per heavy atom. The van der Waals surface area contributed by atoms with Crippen molar-refractivity contribution < 1.29 is 4.79 Å². The first-order valence-electron chi connectivity index (χ1n) is 6.60. The lowest BCUT2D eigenvalue weighted by molar-refractivity contribution is 0.0953. The van der Waals surface area contributed by atoms with E-state index in [0.29, 0.717) is 17.7 Å². The summed E-state index contributed by atoms with van der Waals surface area (Å²) in [6, 6.07) is 3.63. The molecule has 0 unspecified atom stereocenters. The van der Waals surface area contributed by atoms with Gasteiger partial charge >= 0.3 is 0 Å². The molecule has 0 radical (unpaired) electrons.